The third-order valence-electron chi connectivity index (χ3n) is 4.08. The third kappa shape index (κ3) is 3.99. The summed E-state index contributed by atoms with van der Waals surface area (Å²) < 4.78 is 10.9. The minimum atomic E-state index is -0.331. The number of carbonyl (C=O) groups is 2. The van der Waals surface area contributed by atoms with Crippen LogP contribution in [0.25, 0.3) is 0 Å². The van der Waals surface area contributed by atoms with Gasteiger partial charge in [0.15, 0.2) is 6.29 Å². The molecular weight excluding hydrogens is 332 g/mol. The van der Waals surface area contributed by atoms with Gasteiger partial charge in [0, 0.05) is 29.5 Å². The first-order valence-electron chi connectivity index (χ1n) is 8.23. The lowest BCUT2D eigenvalue weighted by molar-refractivity contribution is -0.113. The van der Waals surface area contributed by atoms with Crippen molar-refractivity contribution in [2.24, 2.45) is 0 Å². The molecule has 1 fully saturated rings. The van der Waals surface area contributed by atoms with Crippen molar-refractivity contribution >= 4 is 23.2 Å². The summed E-state index contributed by atoms with van der Waals surface area (Å²) in [5.41, 5.74) is 2.78. The molecule has 6 heteroatoms. The van der Waals surface area contributed by atoms with E-state index in [1.54, 1.807) is 31.3 Å². The van der Waals surface area contributed by atoms with E-state index in [0.717, 1.165) is 5.56 Å². The fourth-order valence-electron chi connectivity index (χ4n) is 2.58. The minimum Gasteiger partial charge on any atom is -0.346 e. The van der Waals surface area contributed by atoms with E-state index in [1.807, 2.05) is 24.3 Å². The Bertz CT molecular complexity index is 794. The van der Waals surface area contributed by atoms with Gasteiger partial charge >= 0.3 is 0 Å². The predicted molar refractivity (Wildman–Crippen MR) is 99.1 cm³/mol. The van der Waals surface area contributed by atoms with Crippen molar-refractivity contribution in [3.05, 3.63) is 72.3 Å². The van der Waals surface area contributed by atoms with Crippen LogP contribution in [0.3, 0.4) is 0 Å². The molecule has 6 nitrogen and oxygen atoms in total. The second-order valence-corrected chi connectivity index (χ2v) is 5.80. The van der Waals surface area contributed by atoms with E-state index in [1.165, 1.54) is 11.0 Å². The van der Waals surface area contributed by atoms with Gasteiger partial charge in [-0.1, -0.05) is 18.7 Å². The molecule has 0 radical (unpaired) electrons. The van der Waals surface area contributed by atoms with E-state index in [9.17, 15) is 9.59 Å². The summed E-state index contributed by atoms with van der Waals surface area (Å²) in [6.07, 6.45) is 0.911. The molecule has 2 amide bonds. The molecule has 2 aromatic rings. The zero-order chi connectivity index (χ0) is 18.5. The largest absolute Gasteiger partial charge is 0.346 e. The molecular formula is C20H20N2O4. The van der Waals surface area contributed by atoms with E-state index in [0.29, 0.717) is 30.2 Å². The topological polar surface area (TPSA) is 67.9 Å². The first-order chi connectivity index (χ1) is 12.6. The van der Waals surface area contributed by atoms with Crippen LogP contribution in [0.1, 0.15) is 22.2 Å². The van der Waals surface area contributed by atoms with Crippen molar-refractivity contribution in [3.63, 3.8) is 0 Å². The number of likely N-dealkylation sites (N-methyl/N-ethyl adjacent to an activating group) is 1. The molecule has 0 unspecified atom stereocenters. The van der Waals surface area contributed by atoms with Gasteiger partial charge in [-0.05, 0) is 42.5 Å². The Kier molecular flexibility index (Phi) is 5.46. The van der Waals surface area contributed by atoms with Crippen LogP contribution in [-0.4, -0.2) is 32.1 Å². The molecule has 1 saturated heterocycles. The molecule has 0 bridgehead atoms. The number of amides is 2. The summed E-state index contributed by atoms with van der Waals surface area (Å²) in [5.74, 6) is -0.437. The van der Waals surface area contributed by atoms with Gasteiger partial charge in [-0.3, -0.25) is 9.59 Å². The summed E-state index contributed by atoms with van der Waals surface area (Å²) in [7, 11) is 1.65. The standard InChI is InChI=1S/C20H20N2O4/c1-3-18(23)22(2)17-10-6-14(7-11-17)19(24)21-16-8-4-15(5-9-16)20-25-12-13-26-20/h3-11,20H,1,12-13H2,2H3,(H,21,24). The highest BCUT2D eigenvalue weighted by Crippen LogP contribution is 2.24. The van der Waals surface area contributed by atoms with Gasteiger partial charge in [-0.25, -0.2) is 0 Å². The number of benzene rings is 2. The van der Waals surface area contributed by atoms with Crippen molar-refractivity contribution < 1.29 is 19.1 Å². The zero-order valence-electron chi connectivity index (χ0n) is 14.5. The normalized spacial score (nSPS) is 14.0. The van der Waals surface area contributed by atoms with Crippen LogP contribution in [0.2, 0.25) is 0 Å². The lowest BCUT2D eigenvalue weighted by atomic mass is 10.1. The number of hydrogen-bond donors (Lipinski definition) is 1. The van der Waals surface area contributed by atoms with Crippen LogP contribution in [0, 0.1) is 0 Å². The maximum absolute atomic E-state index is 12.4. The minimum absolute atomic E-state index is 0.211. The van der Waals surface area contributed by atoms with Crippen LogP contribution in [-0.2, 0) is 14.3 Å². The third-order valence-corrected chi connectivity index (χ3v) is 4.08. The number of nitrogens with one attached hydrogen (secondary N) is 1. The van der Waals surface area contributed by atoms with Crippen molar-refractivity contribution in [1.82, 2.24) is 0 Å². The van der Waals surface area contributed by atoms with Gasteiger partial charge < -0.3 is 19.7 Å². The second kappa shape index (κ2) is 7.95. The highest BCUT2D eigenvalue weighted by molar-refractivity contribution is 6.05. The van der Waals surface area contributed by atoms with E-state index < -0.39 is 0 Å². The first kappa shape index (κ1) is 17.8. The average molecular weight is 352 g/mol. The molecule has 1 aliphatic heterocycles. The molecule has 0 aromatic heterocycles. The molecule has 134 valence electrons. The summed E-state index contributed by atoms with van der Waals surface area (Å²) in [6.45, 7) is 4.64. The summed E-state index contributed by atoms with van der Waals surface area (Å²) in [6, 6.07) is 14.1. The summed E-state index contributed by atoms with van der Waals surface area (Å²) in [5, 5.41) is 2.84. The van der Waals surface area contributed by atoms with Gasteiger partial charge in [0.25, 0.3) is 5.91 Å². The smallest absolute Gasteiger partial charge is 0.255 e. The van der Waals surface area contributed by atoms with Crippen LogP contribution >= 0.6 is 0 Å². The van der Waals surface area contributed by atoms with Gasteiger partial charge in [0.1, 0.15) is 0 Å². The Morgan fingerprint density at radius 1 is 1.08 bits per heavy atom. The predicted octanol–water partition coefficient (Wildman–Crippen LogP) is 3.13. The van der Waals surface area contributed by atoms with E-state index >= 15 is 0 Å². The van der Waals surface area contributed by atoms with Crippen LogP contribution < -0.4 is 10.2 Å². The van der Waals surface area contributed by atoms with Crippen molar-refractivity contribution in [3.8, 4) is 0 Å². The van der Waals surface area contributed by atoms with E-state index in [4.69, 9.17) is 9.47 Å². The van der Waals surface area contributed by atoms with Crippen LogP contribution in [0.4, 0.5) is 11.4 Å². The number of nitrogens with zero attached hydrogens (tertiary/aromatic N) is 1. The number of ether oxygens (including phenoxy) is 2. The molecule has 2 aromatic carbocycles. The highest BCUT2D eigenvalue weighted by atomic mass is 16.7. The number of rotatable bonds is 5. The maximum atomic E-state index is 12.4. The Morgan fingerprint density at radius 3 is 2.27 bits per heavy atom. The number of anilines is 2. The molecule has 0 atom stereocenters. The Hall–Kier alpha value is -2.96. The summed E-state index contributed by atoms with van der Waals surface area (Å²) >= 11 is 0. The second-order valence-electron chi connectivity index (χ2n) is 5.80. The maximum Gasteiger partial charge on any atom is 0.255 e. The van der Waals surface area contributed by atoms with Crippen molar-refractivity contribution in [2.45, 2.75) is 6.29 Å². The van der Waals surface area contributed by atoms with Crippen molar-refractivity contribution in [2.75, 3.05) is 30.5 Å². The fourth-order valence-corrected chi connectivity index (χ4v) is 2.58. The van der Waals surface area contributed by atoms with Crippen LogP contribution in [0.15, 0.2) is 61.2 Å². The van der Waals surface area contributed by atoms with Gasteiger partial charge in [0.05, 0.1) is 13.2 Å². The average Bonchev–Trinajstić information content (AvgIpc) is 3.22. The van der Waals surface area contributed by atoms with Crippen LogP contribution in [0.5, 0.6) is 0 Å². The van der Waals surface area contributed by atoms with Gasteiger partial charge in [-0.15, -0.1) is 0 Å². The zero-order valence-corrected chi connectivity index (χ0v) is 14.5. The van der Waals surface area contributed by atoms with Gasteiger partial charge in [0.2, 0.25) is 5.91 Å². The quantitative estimate of drug-likeness (QED) is 0.840. The monoisotopic (exact) mass is 352 g/mol. The summed E-state index contributed by atoms with van der Waals surface area (Å²) in [4.78, 5) is 25.4. The number of carbonyl (C=O) groups excluding carboxylic acids is 2. The van der Waals surface area contributed by atoms with E-state index in [-0.39, 0.29) is 18.1 Å². The molecule has 3 rings (SSSR count). The molecule has 1 heterocycles. The molecule has 0 aliphatic carbocycles. The fraction of sp³-hybridized carbons (Fsp3) is 0.200. The molecule has 26 heavy (non-hydrogen) atoms. The Balaban J connectivity index is 1.64. The van der Waals surface area contributed by atoms with Crippen molar-refractivity contribution in [1.29, 1.82) is 0 Å². The number of hydrogen-bond acceptors (Lipinski definition) is 4. The Morgan fingerprint density at radius 2 is 1.69 bits per heavy atom. The molecule has 0 spiro atoms. The lowest BCUT2D eigenvalue weighted by Crippen LogP contribution is -2.23. The molecule has 1 N–H and O–H groups in total. The lowest BCUT2D eigenvalue weighted by Gasteiger charge is -2.15. The Labute approximate surface area is 152 Å². The van der Waals surface area contributed by atoms with Gasteiger partial charge in [-0.2, -0.15) is 0 Å². The first-order valence-corrected chi connectivity index (χ1v) is 8.23. The molecule has 0 saturated carbocycles. The SMILES string of the molecule is C=CC(=O)N(C)c1ccc(C(=O)Nc2ccc(C3OCCO3)cc2)cc1. The molecule has 1 aliphatic rings. The highest BCUT2D eigenvalue weighted by Gasteiger charge is 2.18. The van der Waals surface area contributed by atoms with E-state index in [2.05, 4.69) is 11.9 Å².